The van der Waals surface area contributed by atoms with Gasteiger partial charge in [-0.15, -0.1) is 0 Å². The largest absolute Gasteiger partial charge is 0.355 e. The van der Waals surface area contributed by atoms with Crippen LogP contribution in [0.3, 0.4) is 0 Å². The summed E-state index contributed by atoms with van der Waals surface area (Å²) in [6.45, 7) is 10.7. The zero-order chi connectivity index (χ0) is 15.4. The molecule has 0 aromatic rings. The van der Waals surface area contributed by atoms with E-state index in [2.05, 4.69) is 27.7 Å². The van der Waals surface area contributed by atoms with Crippen LogP contribution in [-0.4, -0.2) is 31.1 Å². The third-order valence-electron chi connectivity index (χ3n) is 5.80. The number of rotatable bonds is 2. The van der Waals surface area contributed by atoms with Crippen molar-refractivity contribution in [3.8, 4) is 0 Å². The van der Waals surface area contributed by atoms with Crippen molar-refractivity contribution in [2.45, 2.75) is 71.4 Å². The van der Waals surface area contributed by atoms with Crippen molar-refractivity contribution in [2.24, 2.45) is 23.7 Å². The standard InChI is InChI=1S/C16H28O5/c1-9(2)12-7-8-15(5)19-14-16(12,21-20-15)11(4)10(3)13(17-6)18-14/h9-14H,7-8H2,1-6H3/t10-,11?,12?,13?,14?,15-,16+/m1/s1. The highest BCUT2D eigenvalue weighted by Crippen LogP contribution is 2.56. The van der Waals surface area contributed by atoms with E-state index < -0.39 is 17.7 Å². The van der Waals surface area contributed by atoms with Crippen LogP contribution < -0.4 is 0 Å². The molecule has 0 radical (unpaired) electrons. The number of fused-ring (bicyclic) bond motifs is 3. The van der Waals surface area contributed by atoms with Crippen LogP contribution in [0.2, 0.25) is 0 Å². The number of hydrogen-bond donors (Lipinski definition) is 0. The van der Waals surface area contributed by atoms with Crippen molar-refractivity contribution >= 4 is 0 Å². The highest BCUT2D eigenvalue weighted by atomic mass is 17.3. The van der Waals surface area contributed by atoms with Crippen molar-refractivity contribution in [3.05, 3.63) is 0 Å². The summed E-state index contributed by atoms with van der Waals surface area (Å²) in [7, 11) is 1.68. The van der Waals surface area contributed by atoms with E-state index in [1.165, 1.54) is 0 Å². The first-order valence-electron chi connectivity index (χ1n) is 8.07. The molecule has 1 spiro atoms. The van der Waals surface area contributed by atoms with Gasteiger partial charge in [0.15, 0.2) is 18.2 Å². The van der Waals surface area contributed by atoms with E-state index in [0.29, 0.717) is 11.8 Å². The van der Waals surface area contributed by atoms with Gasteiger partial charge in [0, 0.05) is 25.4 Å². The highest BCUT2D eigenvalue weighted by Gasteiger charge is 2.66. The van der Waals surface area contributed by atoms with Gasteiger partial charge in [-0.1, -0.05) is 27.7 Å². The first-order chi connectivity index (χ1) is 9.84. The maximum absolute atomic E-state index is 6.17. The Labute approximate surface area is 127 Å². The third-order valence-corrected chi connectivity index (χ3v) is 5.80. The number of methoxy groups -OCH3 is 1. The van der Waals surface area contributed by atoms with Crippen LogP contribution in [0, 0.1) is 23.7 Å². The summed E-state index contributed by atoms with van der Waals surface area (Å²) in [6, 6.07) is 0. The Morgan fingerprint density at radius 2 is 1.90 bits per heavy atom. The summed E-state index contributed by atoms with van der Waals surface area (Å²) in [5.74, 6) is 0.508. The number of ether oxygens (including phenoxy) is 3. The molecule has 2 bridgehead atoms. The Morgan fingerprint density at radius 3 is 2.52 bits per heavy atom. The zero-order valence-electron chi connectivity index (χ0n) is 13.9. The maximum atomic E-state index is 6.17. The molecule has 4 saturated heterocycles. The molecule has 4 aliphatic rings. The van der Waals surface area contributed by atoms with Crippen LogP contribution in [0.1, 0.15) is 47.5 Å². The molecule has 0 amide bonds. The van der Waals surface area contributed by atoms with E-state index in [1.807, 2.05) is 6.92 Å². The summed E-state index contributed by atoms with van der Waals surface area (Å²) < 4.78 is 17.8. The van der Waals surface area contributed by atoms with E-state index in [1.54, 1.807) is 7.11 Å². The van der Waals surface area contributed by atoms with Crippen molar-refractivity contribution in [3.63, 3.8) is 0 Å². The molecule has 5 nitrogen and oxygen atoms in total. The molecule has 4 fully saturated rings. The average Bonchev–Trinajstić information content (AvgIpc) is 2.66. The van der Waals surface area contributed by atoms with Crippen LogP contribution in [0.5, 0.6) is 0 Å². The Bertz CT molecular complexity index is 400. The minimum Gasteiger partial charge on any atom is -0.355 e. The average molecular weight is 300 g/mol. The van der Waals surface area contributed by atoms with E-state index >= 15 is 0 Å². The van der Waals surface area contributed by atoms with Gasteiger partial charge in [0.1, 0.15) is 0 Å². The molecule has 0 N–H and O–H groups in total. The zero-order valence-corrected chi connectivity index (χ0v) is 13.9. The van der Waals surface area contributed by atoms with Crippen molar-refractivity contribution in [2.75, 3.05) is 7.11 Å². The SMILES string of the molecule is COC1OC2O[C@@]3(C)CCC(C(C)C)[C@@]2(OO3)C(C)[C@H]1C. The Hall–Kier alpha value is -0.200. The normalized spacial score (nSPS) is 53.6. The molecule has 0 aromatic carbocycles. The molecule has 4 heterocycles. The topological polar surface area (TPSA) is 46.2 Å². The third kappa shape index (κ3) is 2.17. The van der Waals surface area contributed by atoms with Crippen molar-refractivity contribution < 1.29 is 24.0 Å². The summed E-state index contributed by atoms with van der Waals surface area (Å²) >= 11 is 0. The molecule has 4 rings (SSSR count). The van der Waals surface area contributed by atoms with Gasteiger partial charge in [-0.25, -0.2) is 9.78 Å². The minimum absolute atomic E-state index is 0.210. The summed E-state index contributed by atoms with van der Waals surface area (Å²) in [5, 5.41) is 0. The second-order valence-corrected chi connectivity index (χ2v) is 7.38. The lowest BCUT2D eigenvalue weighted by molar-refractivity contribution is -0.573. The lowest BCUT2D eigenvalue weighted by atomic mass is 9.65. The van der Waals surface area contributed by atoms with Crippen LogP contribution >= 0.6 is 0 Å². The van der Waals surface area contributed by atoms with Gasteiger partial charge in [-0.2, -0.15) is 0 Å². The predicted molar refractivity (Wildman–Crippen MR) is 76.0 cm³/mol. The number of hydrogen-bond acceptors (Lipinski definition) is 5. The van der Waals surface area contributed by atoms with Gasteiger partial charge < -0.3 is 14.2 Å². The molecule has 0 aromatic heterocycles. The second-order valence-electron chi connectivity index (χ2n) is 7.38. The molecular weight excluding hydrogens is 272 g/mol. The quantitative estimate of drug-likeness (QED) is 0.733. The van der Waals surface area contributed by atoms with Gasteiger partial charge in [-0.3, -0.25) is 0 Å². The Balaban J connectivity index is 2.03. The molecule has 7 atom stereocenters. The van der Waals surface area contributed by atoms with Gasteiger partial charge in [0.2, 0.25) is 5.79 Å². The van der Waals surface area contributed by atoms with Crippen molar-refractivity contribution in [1.29, 1.82) is 0 Å². The van der Waals surface area contributed by atoms with Gasteiger partial charge in [-0.05, 0) is 25.2 Å². The fraction of sp³-hybridized carbons (Fsp3) is 1.00. The van der Waals surface area contributed by atoms with Gasteiger partial charge in [0.25, 0.3) is 0 Å². The smallest absolute Gasteiger partial charge is 0.201 e. The van der Waals surface area contributed by atoms with Gasteiger partial charge in [0.05, 0.1) is 0 Å². The lowest BCUT2D eigenvalue weighted by Crippen LogP contribution is -2.68. The van der Waals surface area contributed by atoms with Crippen LogP contribution in [0.25, 0.3) is 0 Å². The maximum Gasteiger partial charge on any atom is 0.201 e. The monoisotopic (exact) mass is 300 g/mol. The molecule has 4 unspecified atom stereocenters. The fourth-order valence-electron chi connectivity index (χ4n) is 4.30. The lowest BCUT2D eigenvalue weighted by Gasteiger charge is -2.56. The summed E-state index contributed by atoms with van der Waals surface area (Å²) in [4.78, 5) is 11.7. The van der Waals surface area contributed by atoms with E-state index in [-0.39, 0.29) is 18.1 Å². The molecule has 0 aliphatic carbocycles. The van der Waals surface area contributed by atoms with E-state index in [0.717, 1.165) is 12.8 Å². The highest BCUT2D eigenvalue weighted by molar-refractivity contribution is 5.04. The Kier molecular flexibility index (Phi) is 3.86. The first-order valence-corrected chi connectivity index (χ1v) is 8.07. The second kappa shape index (κ2) is 5.17. The summed E-state index contributed by atoms with van der Waals surface area (Å²) in [6.07, 6.45) is 1.12. The molecule has 5 heteroatoms. The fourth-order valence-corrected chi connectivity index (χ4v) is 4.30. The van der Waals surface area contributed by atoms with Gasteiger partial charge >= 0.3 is 0 Å². The molecule has 122 valence electrons. The van der Waals surface area contributed by atoms with Crippen LogP contribution in [-0.2, 0) is 24.0 Å². The molecule has 21 heavy (non-hydrogen) atoms. The Morgan fingerprint density at radius 1 is 1.19 bits per heavy atom. The van der Waals surface area contributed by atoms with Crippen LogP contribution in [0.15, 0.2) is 0 Å². The molecular formula is C16H28O5. The minimum atomic E-state index is -0.726. The molecule has 4 aliphatic heterocycles. The summed E-state index contributed by atoms with van der Waals surface area (Å²) in [5.41, 5.74) is -0.557. The van der Waals surface area contributed by atoms with Crippen molar-refractivity contribution in [1.82, 2.24) is 0 Å². The predicted octanol–water partition coefficient (Wildman–Crippen LogP) is 3.09. The van der Waals surface area contributed by atoms with E-state index in [4.69, 9.17) is 24.0 Å². The van der Waals surface area contributed by atoms with Crippen LogP contribution in [0.4, 0.5) is 0 Å². The first kappa shape index (κ1) is 15.7. The van der Waals surface area contributed by atoms with E-state index in [9.17, 15) is 0 Å². The molecule has 0 saturated carbocycles.